The molecule has 0 aromatic heterocycles. The third-order valence-electron chi connectivity index (χ3n) is 0.289. The summed E-state index contributed by atoms with van der Waals surface area (Å²) in [5, 5.41) is 0. The molecule has 0 saturated heterocycles. The quantitative estimate of drug-likeness (QED) is 0.412. The Balaban J connectivity index is -0.0000000450. The van der Waals surface area contributed by atoms with Gasteiger partial charge in [0.2, 0.25) is 0 Å². The maximum Gasteiger partial charge on any atom is 0.0433 e. The molecule has 0 radical (unpaired) electrons. The highest BCUT2D eigenvalue weighted by Gasteiger charge is 1.51. The second-order valence-electron chi connectivity index (χ2n) is 0.577. The Morgan fingerprint density at radius 1 is 1.33 bits per heavy atom. The van der Waals surface area contributed by atoms with Crippen LogP contribution in [0.15, 0.2) is 0 Å². The Morgan fingerprint density at radius 2 is 1.50 bits per heavy atom. The zero-order valence-electron chi connectivity index (χ0n) is 4.12. The van der Waals surface area contributed by atoms with Gasteiger partial charge < -0.3 is 15.7 Å². The molecule has 0 aliphatic rings. The Hall–Kier alpha value is -0.120. The van der Waals surface area contributed by atoms with Crippen molar-refractivity contribution in [1.29, 1.82) is 0 Å². The van der Waals surface area contributed by atoms with Gasteiger partial charge in [0.1, 0.15) is 0 Å². The van der Waals surface area contributed by atoms with Crippen molar-refractivity contribution in [2.45, 2.75) is 6.92 Å². The normalized spacial score (nSPS) is 5.00. The summed E-state index contributed by atoms with van der Waals surface area (Å²) in [4.78, 5) is 0. The van der Waals surface area contributed by atoms with Crippen LogP contribution in [0.3, 0.4) is 0 Å². The highest BCUT2D eigenvalue weighted by atomic mass is 16.5. The lowest BCUT2D eigenvalue weighted by Gasteiger charge is -1.76. The van der Waals surface area contributed by atoms with Crippen LogP contribution in [-0.4, -0.2) is 24.7 Å². The first-order valence-electron chi connectivity index (χ1n) is 1.40. The Bertz CT molecular complexity index is 8.00. The molecule has 0 aromatic rings. The highest BCUT2D eigenvalue weighted by molar-refractivity contribution is 3.94. The van der Waals surface area contributed by atoms with Crippen molar-refractivity contribution in [3.05, 3.63) is 0 Å². The monoisotopic (exact) mass is 96.1 g/mol. The first kappa shape index (κ1) is 16.9. The van der Waals surface area contributed by atoms with Crippen molar-refractivity contribution in [2.24, 2.45) is 0 Å². The van der Waals surface area contributed by atoms with E-state index in [4.69, 9.17) is 0 Å². The van der Waals surface area contributed by atoms with Crippen LogP contribution in [0.1, 0.15) is 6.92 Å². The van der Waals surface area contributed by atoms with Crippen molar-refractivity contribution in [3.63, 3.8) is 0 Å². The fourth-order valence-electron chi connectivity index (χ4n) is 0. The van der Waals surface area contributed by atoms with Gasteiger partial charge in [0, 0.05) is 13.7 Å². The third kappa shape index (κ3) is 41.6. The van der Waals surface area contributed by atoms with E-state index in [0.717, 1.165) is 6.61 Å². The summed E-state index contributed by atoms with van der Waals surface area (Å²) in [6, 6.07) is 0. The molecule has 0 rings (SSSR count). The zero-order valence-corrected chi connectivity index (χ0v) is 4.12. The van der Waals surface area contributed by atoms with Gasteiger partial charge in [-0.2, -0.15) is 0 Å². The number of ether oxygens (including phenoxy) is 1. The first-order chi connectivity index (χ1) is 1.91. The summed E-state index contributed by atoms with van der Waals surface area (Å²) in [6.45, 7) is 2.78. The molecule has 0 fully saturated rings. The molecule has 3 heteroatoms. The van der Waals surface area contributed by atoms with Gasteiger partial charge in [-0.05, 0) is 6.92 Å². The molecule has 0 aromatic carbocycles. The molecule has 3 nitrogen and oxygen atoms in total. The van der Waals surface area contributed by atoms with Crippen molar-refractivity contribution in [2.75, 3.05) is 13.7 Å². The Morgan fingerprint density at radius 3 is 1.50 bits per heavy atom. The predicted octanol–water partition coefficient (Wildman–Crippen LogP) is -0.997. The van der Waals surface area contributed by atoms with Crippen LogP contribution >= 0.6 is 0 Å². The van der Waals surface area contributed by atoms with Crippen molar-refractivity contribution >= 4 is 0 Å². The molecule has 0 unspecified atom stereocenters. The molecule has 0 spiro atoms. The maximum absolute atomic E-state index is 4.54. The molecule has 42 valence electrons. The molecule has 0 aliphatic heterocycles. The number of methoxy groups -OCH3 is 1. The summed E-state index contributed by atoms with van der Waals surface area (Å²) < 4.78 is 4.54. The summed E-state index contributed by atoms with van der Waals surface area (Å²) >= 11 is 0. The molecule has 0 bridgehead atoms. The van der Waals surface area contributed by atoms with Crippen molar-refractivity contribution in [3.8, 4) is 0 Å². The van der Waals surface area contributed by atoms with E-state index in [1.54, 1.807) is 7.11 Å². The molecule has 0 amide bonds. The van der Waals surface area contributed by atoms with Crippen LogP contribution in [0.5, 0.6) is 0 Å². The van der Waals surface area contributed by atoms with Crippen molar-refractivity contribution < 1.29 is 15.7 Å². The molecule has 0 atom stereocenters. The standard InChI is InChI=1S/C3H8O.2H2O/c1-3-4-2;;/h3H2,1-2H3;2*1H2. The molecular formula is C3H12O3. The smallest absolute Gasteiger partial charge is 0.0433 e. The van der Waals surface area contributed by atoms with Crippen LogP contribution in [0.2, 0.25) is 0 Å². The van der Waals surface area contributed by atoms with Crippen LogP contribution in [0.25, 0.3) is 0 Å². The molecular weight excluding hydrogens is 84.0 g/mol. The summed E-state index contributed by atoms with van der Waals surface area (Å²) in [5.41, 5.74) is 0. The minimum atomic E-state index is 0. The lowest BCUT2D eigenvalue weighted by atomic mass is 10.9. The molecule has 6 heavy (non-hydrogen) atoms. The second-order valence-corrected chi connectivity index (χ2v) is 0.577. The van der Waals surface area contributed by atoms with E-state index in [1.807, 2.05) is 6.92 Å². The fraction of sp³-hybridized carbons (Fsp3) is 1.00. The van der Waals surface area contributed by atoms with Gasteiger partial charge in [-0.15, -0.1) is 0 Å². The topological polar surface area (TPSA) is 72.2 Å². The van der Waals surface area contributed by atoms with Gasteiger partial charge >= 0.3 is 0 Å². The van der Waals surface area contributed by atoms with E-state index in [0.29, 0.717) is 0 Å². The van der Waals surface area contributed by atoms with Gasteiger partial charge in [0.05, 0.1) is 0 Å². The van der Waals surface area contributed by atoms with Crippen LogP contribution in [0.4, 0.5) is 0 Å². The third-order valence-corrected chi connectivity index (χ3v) is 0.289. The summed E-state index contributed by atoms with van der Waals surface area (Å²) in [5.74, 6) is 0. The van der Waals surface area contributed by atoms with Gasteiger partial charge in [0.15, 0.2) is 0 Å². The maximum atomic E-state index is 4.54. The first-order valence-corrected chi connectivity index (χ1v) is 1.40. The molecule has 0 aliphatic carbocycles. The van der Waals surface area contributed by atoms with Crippen LogP contribution in [-0.2, 0) is 4.74 Å². The minimum absolute atomic E-state index is 0. The summed E-state index contributed by atoms with van der Waals surface area (Å²) in [7, 11) is 1.68. The second kappa shape index (κ2) is 20.8. The average molecular weight is 96.1 g/mol. The lowest BCUT2D eigenvalue weighted by molar-refractivity contribution is 0.215. The minimum Gasteiger partial charge on any atom is -0.412 e. The van der Waals surface area contributed by atoms with E-state index < -0.39 is 0 Å². The van der Waals surface area contributed by atoms with E-state index in [1.165, 1.54) is 0 Å². The van der Waals surface area contributed by atoms with E-state index in [2.05, 4.69) is 4.74 Å². The molecule has 0 heterocycles. The number of hydrogen-bond acceptors (Lipinski definition) is 1. The molecule has 0 saturated carbocycles. The van der Waals surface area contributed by atoms with E-state index in [-0.39, 0.29) is 11.0 Å². The fourth-order valence-corrected chi connectivity index (χ4v) is 0. The number of rotatable bonds is 1. The Labute approximate surface area is 37.5 Å². The lowest BCUT2D eigenvalue weighted by Crippen LogP contribution is -1.73. The zero-order chi connectivity index (χ0) is 3.41. The van der Waals surface area contributed by atoms with E-state index >= 15 is 0 Å². The average Bonchev–Trinajstić information content (AvgIpc) is 1.37. The predicted molar refractivity (Wildman–Crippen MR) is 24.8 cm³/mol. The SMILES string of the molecule is CCOC.O.O. The van der Waals surface area contributed by atoms with Crippen LogP contribution < -0.4 is 0 Å². The van der Waals surface area contributed by atoms with E-state index in [9.17, 15) is 0 Å². The highest BCUT2D eigenvalue weighted by Crippen LogP contribution is 1.52. The van der Waals surface area contributed by atoms with Gasteiger partial charge in [0.25, 0.3) is 0 Å². The summed E-state index contributed by atoms with van der Waals surface area (Å²) in [6.07, 6.45) is 0. The number of hydrogen-bond donors (Lipinski definition) is 0. The molecule has 4 N–H and O–H groups in total. The van der Waals surface area contributed by atoms with Crippen LogP contribution in [0, 0.1) is 0 Å². The largest absolute Gasteiger partial charge is 0.412 e. The van der Waals surface area contributed by atoms with Gasteiger partial charge in [-0.3, -0.25) is 0 Å². The van der Waals surface area contributed by atoms with Crippen molar-refractivity contribution in [1.82, 2.24) is 0 Å². The Kier molecular flexibility index (Phi) is 58.5. The van der Waals surface area contributed by atoms with Gasteiger partial charge in [-0.1, -0.05) is 0 Å². The van der Waals surface area contributed by atoms with Gasteiger partial charge in [-0.25, -0.2) is 0 Å².